The van der Waals surface area contributed by atoms with Crippen molar-refractivity contribution in [1.29, 1.82) is 0 Å². The van der Waals surface area contributed by atoms with Crippen LogP contribution < -0.4 is 10.6 Å². The summed E-state index contributed by atoms with van der Waals surface area (Å²) in [5.74, 6) is 0.933. The number of piperidine rings is 1. The van der Waals surface area contributed by atoms with E-state index in [9.17, 15) is 13.2 Å². The maximum absolute atomic E-state index is 12.3. The van der Waals surface area contributed by atoms with E-state index in [0.717, 1.165) is 12.8 Å². The summed E-state index contributed by atoms with van der Waals surface area (Å²) in [4.78, 5) is 9.47. The second-order valence-corrected chi connectivity index (χ2v) is 5.71. The molecule has 9 heteroatoms. The summed E-state index contributed by atoms with van der Waals surface area (Å²) >= 11 is 5.96. The minimum absolute atomic E-state index is 0.322. The lowest BCUT2D eigenvalue weighted by atomic mass is 9.97. The average molecular weight is 338 g/mol. The first-order valence-electron chi connectivity index (χ1n) is 7.10. The van der Waals surface area contributed by atoms with Crippen LogP contribution in [0.3, 0.4) is 0 Å². The highest BCUT2D eigenvalue weighted by atomic mass is 35.5. The van der Waals surface area contributed by atoms with E-state index in [0.29, 0.717) is 42.2 Å². The van der Waals surface area contributed by atoms with E-state index in [2.05, 4.69) is 20.6 Å². The van der Waals surface area contributed by atoms with E-state index >= 15 is 0 Å². The van der Waals surface area contributed by atoms with Crippen molar-refractivity contribution in [2.75, 3.05) is 43.9 Å². The van der Waals surface area contributed by atoms with Crippen molar-refractivity contribution < 1.29 is 13.2 Å². The first-order chi connectivity index (χ1) is 10.4. The molecular weight excluding hydrogens is 319 g/mol. The van der Waals surface area contributed by atoms with Crippen molar-refractivity contribution >= 4 is 23.1 Å². The van der Waals surface area contributed by atoms with Crippen LogP contribution in [0.4, 0.5) is 24.7 Å². The van der Waals surface area contributed by atoms with Crippen molar-refractivity contribution in [2.24, 2.45) is 5.92 Å². The van der Waals surface area contributed by atoms with Crippen molar-refractivity contribution in [2.45, 2.75) is 19.0 Å². The van der Waals surface area contributed by atoms with E-state index in [1.54, 1.807) is 7.05 Å². The Hall–Kier alpha value is -1.28. The fourth-order valence-corrected chi connectivity index (χ4v) is 2.79. The van der Waals surface area contributed by atoms with Crippen LogP contribution in [0.2, 0.25) is 5.15 Å². The number of hydrogen-bond acceptors (Lipinski definition) is 5. The molecule has 22 heavy (non-hydrogen) atoms. The minimum Gasteiger partial charge on any atom is -0.383 e. The molecule has 0 bridgehead atoms. The summed E-state index contributed by atoms with van der Waals surface area (Å²) in [7, 11) is 1.73. The zero-order valence-electron chi connectivity index (χ0n) is 12.3. The van der Waals surface area contributed by atoms with Crippen LogP contribution in [-0.4, -0.2) is 54.3 Å². The van der Waals surface area contributed by atoms with Crippen LogP contribution in [0.1, 0.15) is 12.8 Å². The number of likely N-dealkylation sites (tertiary alicyclic amines) is 1. The number of halogens is 4. The van der Waals surface area contributed by atoms with Gasteiger partial charge in [-0.05, 0) is 31.8 Å². The summed E-state index contributed by atoms with van der Waals surface area (Å²) in [6.45, 7) is 0.769. The van der Waals surface area contributed by atoms with Gasteiger partial charge in [0.25, 0.3) is 0 Å². The van der Waals surface area contributed by atoms with Gasteiger partial charge in [0, 0.05) is 13.6 Å². The van der Waals surface area contributed by atoms with Gasteiger partial charge < -0.3 is 10.6 Å². The maximum Gasteiger partial charge on any atom is 0.401 e. The molecule has 0 atom stereocenters. The lowest BCUT2D eigenvalue weighted by Crippen LogP contribution is -2.41. The molecular formula is C13H19ClF3N5. The van der Waals surface area contributed by atoms with Gasteiger partial charge in [-0.1, -0.05) is 11.6 Å². The number of anilines is 2. The van der Waals surface area contributed by atoms with Crippen LogP contribution >= 0.6 is 11.6 Å². The topological polar surface area (TPSA) is 53.1 Å². The van der Waals surface area contributed by atoms with Gasteiger partial charge in [-0.15, -0.1) is 0 Å². The van der Waals surface area contributed by atoms with Crippen LogP contribution in [0.25, 0.3) is 0 Å². The molecule has 1 aliphatic heterocycles. The molecule has 2 N–H and O–H groups in total. The highest BCUT2D eigenvalue weighted by Crippen LogP contribution is 2.27. The average Bonchev–Trinajstić information content (AvgIpc) is 2.45. The third-order valence-electron chi connectivity index (χ3n) is 3.72. The summed E-state index contributed by atoms with van der Waals surface area (Å²) in [6.07, 6.45) is -1.28. The van der Waals surface area contributed by atoms with Crippen LogP contribution in [0.15, 0.2) is 6.33 Å². The lowest BCUT2D eigenvalue weighted by molar-refractivity contribution is -0.148. The normalized spacial score (nSPS) is 17.5. The fraction of sp³-hybridized carbons (Fsp3) is 0.692. The molecule has 2 heterocycles. The van der Waals surface area contributed by atoms with Crippen molar-refractivity contribution in [1.82, 2.24) is 14.9 Å². The highest BCUT2D eigenvalue weighted by Gasteiger charge is 2.32. The molecule has 0 unspecified atom stereocenters. The van der Waals surface area contributed by atoms with E-state index in [4.69, 9.17) is 11.6 Å². The van der Waals surface area contributed by atoms with Crippen LogP contribution in [-0.2, 0) is 0 Å². The van der Waals surface area contributed by atoms with E-state index in [-0.39, 0.29) is 0 Å². The third kappa shape index (κ3) is 4.88. The predicted molar refractivity (Wildman–Crippen MR) is 80.3 cm³/mol. The Morgan fingerprint density at radius 3 is 2.59 bits per heavy atom. The number of rotatable bonds is 5. The molecule has 0 spiro atoms. The number of hydrogen-bond donors (Lipinski definition) is 2. The Labute approximate surface area is 132 Å². The van der Waals surface area contributed by atoms with Gasteiger partial charge in [0.2, 0.25) is 0 Å². The van der Waals surface area contributed by atoms with Gasteiger partial charge in [0.05, 0.1) is 6.54 Å². The monoisotopic (exact) mass is 337 g/mol. The zero-order valence-corrected chi connectivity index (χ0v) is 13.0. The smallest absolute Gasteiger partial charge is 0.383 e. The SMILES string of the molecule is CNc1c(Cl)ncnc1NCC1CCN(CC(F)(F)F)CC1. The first kappa shape index (κ1) is 17.1. The minimum atomic E-state index is -4.12. The van der Waals surface area contributed by atoms with Gasteiger partial charge in [0.1, 0.15) is 12.0 Å². The number of alkyl halides is 3. The first-order valence-corrected chi connectivity index (χ1v) is 7.48. The molecule has 0 aliphatic carbocycles. The molecule has 2 rings (SSSR count). The van der Waals surface area contributed by atoms with E-state index in [1.807, 2.05) is 0 Å². The molecule has 1 fully saturated rings. The van der Waals surface area contributed by atoms with Crippen LogP contribution in [0, 0.1) is 5.92 Å². The lowest BCUT2D eigenvalue weighted by Gasteiger charge is -2.32. The summed E-state index contributed by atoms with van der Waals surface area (Å²) in [5, 5.41) is 6.46. The largest absolute Gasteiger partial charge is 0.401 e. The molecule has 0 aromatic carbocycles. The van der Waals surface area contributed by atoms with Gasteiger partial charge in [-0.2, -0.15) is 13.2 Å². The molecule has 5 nitrogen and oxygen atoms in total. The molecule has 0 radical (unpaired) electrons. The molecule has 124 valence electrons. The van der Waals surface area contributed by atoms with Gasteiger partial charge >= 0.3 is 6.18 Å². The standard InChI is InChI=1S/C13H19ClF3N5/c1-18-10-11(14)20-8-21-12(10)19-6-9-2-4-22(5-3-9)7-13(15,16)17/h8-9,18H,2-7H2,1H3,(H,19,20,21). The Balaban J connectivity index is 1.81. The molecule has 1 saturated heterocycles. The van der Waals surface area contributed by atoms with Crippen molar-refractivity contribution in [3.8, 4) is 0 Å². The highest BCUT2D eigenvalue weighted by molar-refractivity contribution is 6.32. The Morgan fingerprint density at radius 1 is 1.32 bits per heavy atom. The van der Waals surface area contributed by atoms with Crippen LogP contribution in [0.5, 0.6) is 0 Å². The number of nitrogens with one attached hydrogen (secondary N) is 2. The molecule has 0 saturated carbocycles. The molecule has 1 aromatic heterocycles. The Bertz CT molecular complexity index is 489. The zero-order chi connectivity index (χ0) is 16.2. The van der Waals surface area contributed by atoms with Crippen molar-refractivity contribution in [3.05, 3.63) is 11.5 Å². The third-order valence-corrected chi connectivity index (χ3v) is 4.01. The summed E-state index contributed by atoms with van der Waals surface area (Å²) in [6, 6.07) is 0. The van der Waals surface area contributed by atoms with Gasteiger partial charge in [-0.3, -0.25) is 4.90 Å². The second-order valence-electron chi connectivity index (χ2n) is 5.35. The predicted octanol–water partition coefficient (Wildman–Crippen LogP) is 2.86. The van der Waals surface area contributed by atoms with Gasteiger partial charge in [-0.25, -0.2) is 9.97 Å². The Kier molecular flexibility index (Phi) is 5.69. The van der Waals surface area contributed by atoms with Crippen molar-refractivity contribution in [3.63, 3.8) is 0 Å². The molecule has 0 amide bonds. The van der Waals surface area contributed by atoms with E-state index in [1.165, 1.54) is 11.2 Å². The summed E-state index contributed by atoms with van der Waals surface area (Å²) in [5.41, 5.74) is 0.624. The Morgan fingerprint density at radius 2 is 2.00 bits per heavy atom. The second kappa shape index (κ2) is 7.32. The number of nitrogens with zero attached hydrogens (tertiary/aromatic N) is 3. The molecule has 1 aromatic rings. The molecule has 1 aliphatic rings. The quantitative estimate of drug-likeness (QED) is 0.809. The van der Waals surface area contributed by atoms with E-state index < -0.39 is 12.7 Å². The summed E-state index contributed by atoms with van der Waals surface area (Å²) < 4.78 is 37.0. The van der Waals surface area contributed by atoms with Gasteiger partial charge in [0.15, 0.2) is 11.0 Å². The number of aromatic nitrogens is 2. The fourth-order valence-electron chi connectivity index (χ4n) is 2.56. The maximum atomic E-state index is 12.3.